The zero-order valence-corrected chi connectivity index (χ0v) is 10.6. The zero-order valence-electron chi connectivity index (χ0n) is 9.03. The third-order valence-electron chi connectivity index (χ3n) is 2.70. The van der Waals surface area contributed by atoms with Crippen LogP contribution in [0.15, 0.2) is 22.7 Å². The van der Waals surface area contributed by atoms with Crippen LogP contribution in [0.3, 0.4) is 0 Å². The van der Waals surface area contributed by atoms with Crippen molar-refractivity contribution < 1.29 is 14.3 Å². The number of esters is 1. The highest BCUT2D eigenvalue weighted by Crippen LogP contribution is 2.31. The lowest BCUT2D eigenvalue weighted by Crippen LogP contribution is -2.24. The Bertz CT molecular complexity index is 399. The van der Waals surface area contributed by atoms with Gasteiger partial charge in [0.15, 0.2) is 0 Å². The summed E-state index contributed by atoms with van der Waals surface area (Å²) in [5, 5.41) is 0. The molecule has 0 amide bonds. The molecule has 3 nitrogen and oxygen atoms in total. The van der Waals surface area contributed by atoms with Crippen molar-refractivity contribution in [3.8, 4) is 5.75 Å². The Morgan fingerprint density at radius 3 is 2.69 bits per heavy atom. The van der Waals surface area contributed by atoms with Crippen LogP contribution in [-0.2, 0) is 4.74 Å². The summed E-state index contributed by atoms with van der Waals surface area (Å²) in [6.45, 7) is 0. The minimum absolute atomic E-state index is 0.334. The van der Waals surface area contributed by atoms with Crippen molar-refractivity contribution in [3.63, 3.8) is 0 Å². The van der Waals surface area contributed by atoms with Gasteiger partial charge in [-0.3, -0.25) is 0 Å². The van der Waals surface area contributed by atoms with Gasteiger partial charge in [0.25, 0.3) is 0 Å². The van der Waals surface area contributed by atoms with Crippen LogP contribution in [0.1, 0.15) is 29.6 Å². The van der Waals surface area contributed by atoms with Crippen molar-refractivity contribution in [2.24, 2.45) is 0 Å². The van der Waals surface area contributed by atoms with Crippen LogP contribution in [0.5, 0.6) is 5.75 Å². The molecule has 0 unspecified atom stereocenters. The van der Waals surface area contributed by atoms with Gasteiger partial charge in [0, 0.05) is 0 Å². The first-order valence-electron chi connectivity index (χ1n) is 5.25. The summed E-state index contributed by atoms with van der Waals surface area (Å²) in [6.07, 6.45) is 3.80. The van der Waals surface area contributed by atoms with E-state index in [0.717, 1.165) is 23.1 Å². The first-order chi connectivity index (χ1) is 7.70. The molecule has 2 rings (SSSR count). The molecule has 0 aromatic heterocycles. The van der Waals surface area contributed by atoms with E-state index in [0.29, 0.717) is 11.7 Å². The molecule has 0 atom stereocenters. The molecule has 86 valence electrons. The van der Waals surface area contributed by atoms with Gasteiger partial charge in [-0.2, -0.15) is 0 Å². The van der Waals surface area contributed by atoms with Gasteiger partial charge >= 0.3 is 5.97 Å². The molecular weight excluding hydrogens is 272 g/mol. The van der Waals surface area contributed by atoms with Crippen molar-refractivity contribution >= 4 is 21.9 Å². The van der Waals surface area contributed by atoms with E-state index in [1.54, 1.807) is 18.2 Å². The van der Waals surface area contributed by atoms with Crippen molar-refractivity contribution in [3.05, 3.63) is 28.2 Å². The highest BCUT2D eigenvalue weighted by Gasteiger charge is 2.20. The largest absolute Gasteiger partial charge is 0.489 e. The molecule has 1 saturated carbocycles. The summed E-state index contributed by atoms with van der Waals surface area (Å²) >= 11 is 3.39. The average Bonchev–Trinajstić information content (AvgIpc) is 2.23. The number of methoxy groups -OCH3 is 1. The molecule has 1 fully saturated rings. The topological polar surface area (TPSA) is 35.5 Å². The highest BCUT2D eigenvalue weighted by atomic mass is 79.9. The number of rotatable bonds is 3. The van der Waals surface area contributed by atoms with E-state index in [4.69, 9.17) is 4.74 Å². The summed E-state index contributed by atoms with van der Waals surface area (Å²) in [6, 6.07) is 5.24. The molecule has 0 N–H and O–H groups in total. The molecule has 16 heavy (non-hydrogen) atoms. The third kappa shape index (κ3) is 2.38. The van der Waals surface area contributed by atoms with E-state index < -0.39 is 0 Å². The first kappa shape index (κ1) is 11.5. The van der Waals surface area contributed by atoms with Gasteiger partial charge in [-0.05, 0) is 53.4 Å². The lowest BCUT2D eigenvalue weighted by atomic mass is 9.96. The summed E-state index contributed by atoms with van der Waals surface area (Å²) in [4.78, 5) is 11.3. The molecule has 0 radical (unpaired) electrons. The minimum Gasteiger partial charge on any atom is -0.489 e. The van der Waals surface area contributed by atoms with Gasteiger partial charge in [-0.1, -0.05) is 0 Å². The van der Waals surface area contributed by atoms with E-state index in [-0.39, 0.29) is 5.97 Å². The van der Waals surface area contributed by atoms with Gasteiger partial charge in [0.05, 0.1) is 23.2 Å². The van der Waals surface area contributed by atoms with Crippen LogP contribution < -0.4 is 4.74 Å². The number of carbonyl (C=O) groups is 1. The highest BCUT2D eigenvalue weighted by molar-refractivity contribution is 9.10. The van der Waals surface area contributed by atoms with Crippen LogP contribution >= 0.6 is 15.9 Å². The van der Waals surface area contributed by atoms with Crippen LogP contribution in [-0.4, -0.2) is 19.2 Å². The molecule has 1 aromatic carbocycles. The summed E-state index contributed by atoms with van der Waals surface area (Å²) in [5.41, 5.74) is 0.523. The predicted octanol–water partition coefficient (Wildman–Crippen LogP) is 3.17. The number of hydrogen-bond donors (Lipinski definition) is 0. The van der Waals surface area contributed by atoms with Crippen molar-refractivity contribution in [2.45, 2.75) is 25.4 Å². The molecule has 0 bridgehead atoms. The monoisotopic (exact) mass is 284 g/mol. The van der Waals surface area contributed by atoms with E-state index in [1.807, 2.05) is 0 Å². The molecular formula is C12H13BrO3. The minimum atomic E-state index is -0.337. The van der Waals surface area contributed by atoms with E-state index in [2.05, 4.69) is 20.7 Å². The van der Waals surface area contributed by atoms with Gasteiger partial charge in [0.2, 0.25) is 0 Å². The molecule has 0 spiro atoms. The van der Waals surface area contributed by atoms with Gasteiger partial charge < -0.3 is 9.47 Å². The maximum Gasteiger partial charge on any atom is 0.337 e. The molecule has 4 heteroatoms. The van der Waals surface area contributed by atoms with E-state index in [9.17, 15) is 4.79 Å². The normalized spacial score (nSPS) is 15.4. The molecule has 0 heterocycles. The summed E-state index contributed by atoms with van der Waals surface area (Å²) in [5.74, 6) is 0.452. The Morgan fingerprint density at radius 2 is 2.19 bits per heavy atom. The molecule has 1 aliphatic rings. The van der Waals surface area contributed by atoms with Gasteiger partial charge in [0.1, 0.15) is 5.75 Å². The zero-order chi connectivity index (χ0) is 11.5. The lowest BCUT2D eigenvalue weighted by Gasteiger charge is -2.26. The molecule has 1 aromatic rings. The Labute approximate surface area is 103 Å². The van der Waals surface area contributed by atoms with E-state index in [1.165, 1.54) is 13.5 Å². The van der Waals surface area contributed by atoms with Gasteiger partial charge in [-0.25, -0.2) is 4.79 Å². The second-order valence-corrected chi connectivity index (χ2v) is 4.66. The lowest BCUT2D eigenvalue weighted by molar-refractivity contribution is 0.0600. The summed E-state index contributed by atoms with van der Waals surface area (Å²) in [7, 11) is 1.37. The number of benzene rings is 1. The fourth-order valence-electron chi connectivity index (χ4n) is 1.51. The molecule has 0 aliphatic heterocycles. The Kier molecular flexibility index (Phi) is 3.49. The fourth-order valence-corrected chi connectivity index (χ4v) is 1.98. The standard InChI is InChI=1S/C12H13BrO3/c1-15-12(14)8-5-6-11(10(13)7-8)16-9-3-2-4-9/h5-7,9H,2-4H2,1H3. The van der Waals surface area contributed by atoms with Crippen molar-refractivity contribution in [1.82, 2.24) is 0 Å². The summed E-state index contributed by atoms with van der Waals surface area (Å²) < 4.78 is 11.2. The van der Waals surface area contributed by atoms with Crippen LogP contribution in [0, 0.1) is 0 Å². The first-order valence-corrected chi connectivity index (χ1v) is 6.04. The second-order valence-electron chi connectivity index (χ2n) is 3.81. The maximum absolute atomic E-state index is 11.3. The number of hydrogen-bond acceptors (Lipinski definition) is 3. The second kappa shape index (κ2) is 4.87. The van der Waals surface area contributed by atoms with Gasteiger partial charge in [-0.15, -0.1) is 0 Å². The Hall–Kier alpha value is -1.03. The van der Waals surface area contributed by atoms with Crippen molar-refractivity contribution in [1.29, 1.82) is 0 Å². The van der Waals surface area contributed by atoms with E-state index >= 15 is 0 Å². The number of carbonyl (C=O) groups excluding carboxylic acids is 1. The fraction of sp³-hybridized carbons (Fsp3) is 0.417. The average molecular weight is 285 g/mol. The Morgan fingerprint density at radius 1 is 1.44 bits per heavy atom. The van der Waals surface area contributed by atoms with Crippen LogP contribution in [0.2, 0.25) is 0 Å². The third-order valence-corrected chi connectivity index (χ3v) is 3.32. The predicted molar refractivity (Wildman–Crippen MR) is 63.7 cm³/mol. The van der Waals surface area contributed by atoms with Crippen molar-refractivity contribution in [2.75, 3.05) is 7.11 Å². The van der Waals surface area contributed by atoms with Crippen LogP contribution in [0.4, 0.5) is 0 Å². The quantitative estimate of drug-likeness (QED) is 0.800. The smallest absolute Gasteiger partial charge is 0.337 e. The number of halogens is 1. The molecule has 1 aliphatic carbocycles. The number of ether oxygens (including phenoxy) is 2. The maximum atomic E-state index is 11.3. The molecule has 0 saturated heterocycles. The van der Waals surface area contributed by atoms with Crippen LogP contribution in [0.25, 0.3) is 0 Å². The Balaban J connectivity index is 2.12. The SMILES string of the molecule is COC(=O)c1ccc(OC2CCC2)c(Br)c1.